The molecule has 0 radical (unpaired) electrons. The first-order chi connectivity index (χ1) is 12.7. The van der Waals surface area contributed by atoms with Crippen LogP contribution in [0.4, 0.5) is 5.13 Å². The number of fused-ring (bicyclic) bond motifs is 1. The number of hydrogen-bond acceptors (Lipinski definition) is 5. The predicted octanol–water partition coefficient (Wildman–Crippen LogP) is 3.87. The van der Waals surface area contributed by atoms with Crippen molar-refractivity contribution in [3.63, 3.8) is 0 Å². The van der Waals surface area contributed by atoms with Crippen molar-refractivity contribution in [1.82, 2.24) is 4.98 Å². The Bertz CT molecular complexity index is 989. The van der Waals surface area contributed by atoms with Crippen LogP contribution in [0.2, 0.25) is 0 Å². The number of hydrogen-bond donors (Lipinski definition) is 1. The minimum Gasteiger partial charge on any atom is -0.492 e. The lowest BCUT2D eigenvalue weighted by atomic mass is 9.96. The molecule has 0 spiro atoms. The van der Waals surface area contributed by atoms with Crippen molar-refractivity contribution >= 4 is 22.4 Å². The number of nitriles is 1. The van der Waals surface area contributed by atoms with Crippen molar-refractivity contribution < 1.29 is 9.53 Å². The average molecular weight is 361 g/mol. The molecule has 5 nitrogen and oxygen atoms in total. The number of benzene rings is 2. The van der Waals surface area contributed by atoms with E-state index in [0.29, 0.717) is 23.7 Å². The number of rotatable bonds is 3. The number of aromatic nitrogens is 1. The number of ether oxygens (including phenoxy) is 1. The molecule has 0 saturated heterocycles. The summed E-state index contributed by atoms with van der Waals surface area (Å²) >= 11 is 1.38. The van der Waals surface area contributed by atoms with Crippen molar-refractivity contribution in [2.45, 2.75) is 6.42 Å². The Hall–Kier alpha value is -3.17. The summed E-state index contributed by atoms with van der Waals surface area (Å²) in [6.07, 6.45) is 0.663. The Kier molecular flexibility index (Phi) is 4.38. The van der Waals surface area contributed by atoms with E-state index in [1.165, 1.54) is 11.3 Å². The summed E-state index contributed by atoms with van der Waals surface area (Å²) in [6.45, 7) is 0.372. The van der Waals surface area contributed by atoms with Gasteiger partial charge in [-0.05, 0) is 30.2 Å². The molecule has 2 heterocycles. The second kappa shape index (κ2) is 6.98. The van der Waals surface area contributed by atoms with Crippen LogP contribution < -0.4 is 10.1 Å². The average Bonchev–Trinajstić information content (AvgIpc) is 3.16. The molecule has 4 rings (SSSR count). The third-order valence-corrected chi connectivity index (χ3v) is 5.05. The number of amides is 1. The van der Waals surface area contributed by atoms with E-state index in [1.807, 2.05) is 41.8 Å². The molecule has 1 aromatic heterocycles. The minimum atomic E-state index is -0.229. The summed E-state index contributed by atoms with van der Waals surface area (Å²) in [5.41, 5.74) is 3.35. The number of para-hydroxylation sites is 1. The summed E-state index contributed by atoms with van der Waals surface area (Å²) in [5.74, 6) is 0.543. The van der Waals surface area contributed by atoms with Crippen LogP contribution in [0.5, 0.6) is 5.75 Å². The molecule has 26 heavy (non-hydrogen) atoms. The van der Waals surface area contributed by atoms with Crippen molar-refractivity contribution in [2.75, 3.05) is 11.9 Å². The number of nitrogens with zero attached hydrogens (tertiary/aromatic N) is 2. The second-order valence-corrected chi connectivity index (χ2v) is 6.89. The summed E-state index contributed by atoms with van der Waals surface area (Å²) in [6, 6.07) is 17.1. The lowest BCUT2D eigenvalue weighted by molar-refractivity contribution is -0.121. The van der Waals surface area contributed by atoms with Gasteiger partial charge in [-0.25, -0.2) is 4.98 Å². The SMILES string of the molecule is N#Cc1ccc(-c2csc(NC(=O)[C@@H]3COc4ccccc4C3)n2)cc1. The molecule has 3 aromatic rings. The molecule has 128 valence electrons. The van der Waals surface area contributed by atoms with E-state index < -0.39 is 0 Å². The van der Waals surface area contributed by atoms with Crippen LogP contribution in [0.3, 0.4) is 0 Å². The van der Waals surface area contributed by atoms with Gasteiger partial charge in [-0.1, -0.05) is 30.3 Å². The molecule has 1 N–H and O–H groups in total. The van der Waals surface area contributed by atoms with Crippen molar-refractivity contribution in [2.24, 2.45) is 5.92 Å². The van der Waals surface area contributed by atoms with E-state index in [4.69, 9.17) is 10.00 Å². The summed E-state index contributed by atoms with van der Waals surface area (Å²) in [7, 11) is 0. The van der Waals surface area contributed by atoms with Crippen LogP contribution in [-0.4, -0.2) is 17.5 Å². The lowest BCUT2D eigenvalue weighted by Crippen LogP contribution is -2.32. The van der Waals surface area contributed by atoms with Crippen LogP contribution in [0.1, 0.15) is 11.1 Å². The molecule has 2 aromatic carbocycles. The zero-order valence-electron chi connectivity index (χ0n) is 13.8. The first-order valence-electron chi connectivity index (χ1n) is 8.20. The fraction of sp³-hybridized carbons (Fsp3) is 0.150. The Balaban J connectivity index is 1.44. The Morgan fingerprint density at radius 2 is 2.04 bits per heavy atom. The highest BCUT2D eigenvalue weighted by molar-refractivity contribution is 7.14. The van der Waals surface area contributed by atoms with Crippen LogP contribution in [0.15, 0.2) is 53.9 Å². The molecular formula is C20H15N3O2S. The highest BCUT2D eigenvalue weighted by atomic mass is 32.1. The first kappa shape index (κ1) is 16.3. The van der Waals surface area contributed by atoms with Crippen LogP contribution in [-0.2, 0) is 11.2 Å². The zero-order valence-corrected chi connectivity index (χ0v) is 14.6. The number of nitrogens with one attached hydrogen (secondary N) is 1. The zero-order chi connectivity index (χ0) is 17.9. The van der Waals surface area contributed by atoms with E-state index in [-0.39, 0.29) is 11.8 Å². The third-order valence-electron chi connectivity index (χ3n) is 4.29. The Labute approximate surface area is 154 Å². The monoisotopic (exact) mass is 361 g/mol. The normalized spacial score (nSPS) is 15.4. The fourth-order valence-corrected chi connectivity index (χ4v) is 3.61. The molecule has 1 atom stereocenters. The van der Waals surface area contributed by atoms with Crippen molar-refractivity contribution in [3.8, 4) is 23.1 Å². The molecule has 0 bridgehead atoms. The van der Waals surface area contributed by atoms with Gasteiger partial charge in [-0.15, -0.1) is 11.3 Å². The maximum atomic E-state index is 12.5. The van der Waals surface area contributed by atoms with Gasteiger partial charge < -0.3 is 10.1 Å². The first-order valence-corrected chi connectivity index (χ1v) is 9.08. The van der Waals surface area contributed by atoms with Gasteiger partial charge in [0, 0.05) is 10.9 Å². The summed E-state index contributed by atoms with van der Waals surface area (Å²) < 4.78 is 5.69. The topological polar surface area (TPSA) is 75.0 Å². The molecule has 1 amide bonds. The van der Waals surface area contributed by atoms with Crippen LogP contribution in [0, 0.1) is 17.2 Å². The van der Waals surface area contributed by atoms with Gasteiger partial charge in [0.05, 0.1) is 23.2 Å². The smallest absolute Gasteiger partial charge is 0.233 e. The van der Waals surface area contributed by atoms with Crippen molar-refractivity contribution in [1.29, 1.82) is 5.26 Å². The number of carbonyl (C=O) groups excluding carboxylic acids is 1. The van der Waals surface area contributed by atoms with Crippen molar-refractivity contribution in [3.05, 3.63) is 65.0 Å². The Morgan fingerprint density at radius 3 is 2.85 bits per heavy atom. The molecule has 0 unspecified atom stereocenters. The number of thiazole rings is 1. The van der Waals surface area contributed by atoms with Gasteiger partial charge in [-0.3, -0.25) is 4.79 Å². The fourth-order valence-electron chi connectivity index (χ4n) is 2.88. The Morgan fingerprint density at radius 1 is 1.23 bits per heavy atom. The van der Waals surface area contributed by atoms with Gasteiger partial charge in [-0.2, -0.15) is 5.26 Å². The van der Waals surface area contributed by atoms with E-state index >= 15 is 0 Å². The van der Waals surface area contributed by atoms with E-state index in [2.05, 4.69) is 16.4 Å². The van der Waals surface area contributed by atoms with E-state index in [9.17, 15) is 4.79 Å². The molecule has 0 aliphatic carbocycles. The highest BCUT2D eigenvalue weighted by Crippen LogP contribution is 2.29. The van der Waals surface area contributed by atoms with Gasteiger partial charge >= 0.3 is 0 Å². The lowest BCUT2D eigenvalue weighted by Gasteiger charge is -2.24. The molecule has 1 aliphatic heterocycles. The molecule has 0 saturated carbocycles. The number of anilines is 1. The highest BCUT2D eigenvalue weighted by Gasteiger charge is 2.26. The standard InChI is InChI=1S/C20H15N3O2S/c21-10-13-5-7-14(8-6-13)17-12-26-20(22-17)23-19(24)16-9-15-3-1-2-4-18(15)25-11-16/h1-8,12,16H,9,11H2,(H,22,23,24)/t16-/m0/s1. The van der Waals surface area contributed by atoms with E-state index in [0.717, 1.165) is 22.6 Å². The predicted molar refractivity (Wildman–Crippen MR) is 100 cm³/mol. The van der Waals surface area contributed by atoms with Gasteiger partial charge in [0.1, 0.15) is 12.4 Å². The van der Waals surface area contributed by atoms with Crippen LogP contribution in [0.25, 0.3) is 11.3 Å². The third kappa shape index (κ3) is 3.30. The minimum absolute atomic E-state index is 0.0831. The second-order valence-electron chi connectivity index (χ2n) is 6.04. The summed E-state index contributed by atoms with van der Waals surface area (Å²) in [5, 5.41) is 14.2. The van der Waals surface area contributed by atoms with Gasteiger partial charge in [0.25, 0.3) is 0 Å². The number of carbonyl (C=O) groups is 1. The largest absolute Gasteiger partial charge is 0.492 e. The van der Waals surface area contributed by atoms with E-state index in [1.54, 1.807) is 12.1 Å². The maximum absolute atomic E-state index is 12.5. The molecule has 6 heteroatoms. The molecule has 1 aliphatic rings. The summed E-state index contributed by atoms with van der Waals surface area (Å²) in [4.78, 5) is 17.0. The molecular weight excluding hydrogens is 346 g/mol. The van der Waals surface area contributed by atoms with Gasteiger partial charge in [0.15, 0.2) is 5.13 Å². The van der Waals surface area contributed by atoms with Gasteiger partial charge in [0.2, 0.25) is 5.91 Å². The molecule has 0 fully saturated rings. The quantitative estimate of drug-likeness (QED) is 0.768. The van der Waals surface area contributed by atoms with Crippen LogP contribution >= 0.6 is 11.3 Å². The maximum Gasteiger partial charge on any atom is 0.233 e.